The fourth-order valence-corrected chi connectivity index (χ4v) is 3.39. The molecule has 120 valence electrons. The highest BCUT2D eigenvalue weighted by Crippen LogP contribution is 2.27. The summed E-state index contributed by atoms with van der Waals surface area (Å²) in [5.41, 5.74) is 2.32. The number of rotatable bonds is 5. The van der Waals surface area contributed by atoms with Gasteiger partial charge in [-0.25, -0.2) is 4.79 Å². The monoisotopic (exact) mass is 302 g/mol. The molecule has 0 radical (unpaired) electrons. The maximum Gasteiger partial charge on any atom is 0.321 e. The first kappa shape index (κ1) is 15.3. The van der Waals surface area contributed by atoms with E-state index in [0.717, 1.165) is 31.7 Å². The number of ether oxygens (including phenoxy) is 1. The van der Waals surface area contributed by atoms with E-state index in [-0.39, 0.29) is 6.03 Å². The maximum atomic E-state index is 12.2. The number of anilines is 1. The lowest BCUT2D eigenvalue weighted by molar-refractivity contribution is 0.0276. The minimum Gasteiger partial charge on any atom is -0.378 e. The van der Waals surface area contributed by atoms with Crippen LogP contribution in [0.1, 0.15) is 44.1 Å². The fourth-order valence-electron chi connectivity index (χ4n) is 3.39. The third-order valence-electron chi connectivity index (χ3n) is 4.64. The largest absolute Gasteiger partial charge is 0.378 e. The Morgan fingerprint density at radius 1 is 1.23 bits per heavy atom. The lowest BCUT2D eigenvalue weighted by Crippen LogP contribution is -2.39. The Hall–Kier alpha value is -1.55. The molecule has 2 amide bonds. The molecule has 0 saturated heterocycles. The molecule has 1 aromatic rings. The first-order valence-electron chi connectivity index (χ1n) is 8.59. The number of hydrogen-bond donors (Lipinski definition) is 1. The van der Waals surface area contributed by atoms with Crippen LogP contribution in [0.4, 0.5) is 10.5 Å². The smallest absolute Gasteiger partial charge is 0.321 e. The summed E-state index contributed by atoms with van der Waals surface area (Å²) in [6, 6.07) is 8.16. The Bertz CT molecular complexity index is 498. The van der Waals surface area contributed by atoms with Gasteiger partial charge in [0.1, 0.15) is 0 Å². The molecular weight excluding hydrogens is 276 g/mol. The lowest BCUT2D eigenvalue weighted by Gasteiger charge is -2.22. The second-order valence-electron chi connectivity index (χ2n) is 6.25. The third-order valence-corrected chi connectivity index (χ3v) is 4.64. The molecule has 0 atom stereocenters. The molecule has 3 rings (SSSR count). The predicted octanol–water partition coefficient (Wildman–Crippen LogP) is 3.50. The summed E-state index contributed by atoms with van der Waals surface area (Å²) in [6.45, 7) is 2.22. The Balaban J connectivity index is 1.35. The van der Waals surface area contributed by atoms with Crippen LogP contribution in [-0.2, 0) is 11.2 Å². The van der Waals surface area contributed by atoms with E-state index in [1.165, 1.54) is 37.7 Å². The van der Waals surface area contributed by atoms with Crippen molar-refractivity contribution in [2.75, 3.05) is 24.6 Å². The SMILES string of the molecule is O=C(NCCCOC1CCCCC1)N1CCc2ccccc21. The van der Waals surface area contributed by atoms with Gasteiger partial charge < -0.3 is 10.1 Å². The van der Waals surface area contributed by atoms with Gasteiger partial charge in [0.15, 0.2) is 0 Å². The molecule has 1 aliphatic carbocycles. The van der Waals surface area contributed by atoms with Crippen molar-refractivity contribution in [3.8, 4) is 0 Å². The number of para-hydroxylation sites is 1. The molecule has 0 aromatic heterocycles. The molecule has 4 nitrogen and oxygen atoms in total. The summed E-state index contributed by atoms with van der Waals surface area (Å²) in [6.07, 6.45) is 8.66. The van der Waals surface area contributed by atoms with Gasteiger partial charge in [-0.05, 0) is 37.3 Å². The van der Waals surface area contributed by atoms with Crippen molar-refractivity contribution in [1.29, 1.82) is 0 Å². The number of nitrogens with zero attached hydrogens (tertiary/aromatic N) is 1. The molecule has 1 fully saturated rings. The van der Waals surface area contributed by atoms with Crippen LogP contribution in [0, 0.1) is 0 Å². The quantitative estimate of drug-likeness (QED) is 0.846. The second kappa shape index (κ2) is 7.63. The predicted molar refractivity (Wildman–Crippen MR) is 88.3 cm³/mol. The number of carbonyl (C=O) groups excluding carboxylic acids is 1. The van der Waals surface area contributed by atoms with Crippen molar-refractivity contribution in [2.45, 2.75) is 51.0 Å². The number of carbonyl (C=O) groups is 1. The van der Waals surface area contributed by atoms with Crippen LogP contribution in [-0.4, -0.2) is 31.8 Å². The molecule has 2 aliphatic rings. The van der Waals surface area contributed by atoms with Crippen LogP contribution < -0.4 is 10.2 Å². The van der Waals surface area contributed by atoms with Gasteiger partial charge in [0, 0.05) is 25.4 Å². The lowest BCUT2D eigenvalue weighted by atomic mass is 9.98. The molecule has 1 aliphatic heterocycles. The van der Waals surface area contributed by atoms with Gasteiger partial charge >= 0.3 is 6.03 Å². The molecule has 1 N–H and O–H groups in total. The summed E-state index contributed by atoms with van der Waals surface area (Å²) in [5.74, 6) is 0. The zero-order valence-corrected chi connectivity index (χ0v) is 13.2. The third kappa shape index (κ3) is 3.80. The Morgan fingerprint density at radius 2 is 2.05 bits per heavy atom. The summed E-state index contributed by atoms with van der Waals surface area (Å²) < 4.78 is 5.88. The van der Waals surface area contributed by atoms with Crippen molar-refractivity contribution in [1.82, 2.24) is 5.32 Å². The Labute approximate surface area is 132 Å². The highest BCUT2D eigenvalue weighted by molar-refractivity contribution is 5.94. The van der Waals surface area contributed by atoms with Gasteiger partial charge in [0.05, 0.1) is 6.10 Å². The van der Waals surface area contributed by atoms with E-state index < -0.39 is 0 Å². The summed E-state index contributed by atoms with van der Waals surface area (Å²) in [4.78, 5) is 14.1. The number of nitrogens with one attached hydrogen (secondary N) is 1. The second-order valence-corrected chi connectivity index (χ2v) is 6.25. The average molecular weight is 302 g/mol. The van der Waals surface area contributed by atoms with Crippen LogP contribution >= 0.6 is 0 Å². The number of fused-ring (bicyclic) bond motifs is 1. The minimum absolute atomic E-state index is 0.0163. The van der Waals surface area contributed by atoms with E-state index in [9.17, 15) is 4.79 Å². The van der Waals surface area contributed by atoms with E-state index in [0.29, 0.717) is 12.6 Å². The standard InChI is InChI=1S/C18H26N2O2/c21-18(20-13-11-15-7-4-5-10-17(15)20)19-12-6-14-22-16-8-2-1-3-9-16/h4-5,7,10,16H,1-3,6,8-9,11-14H2,(H,19,21). The van der Waals surface area contributed by atoms with Gasteiger partial charge in [-0.3, -0.25) is 4.90 Å². The average Bonchev–Trinajstić information content (AvgIpc) is 2.99. The molecule has 1 heterocycles. The summed E-state index contributed by atoms with van der Waals surface area (Å²) in [5, 5.41) is 3.01. The number of urea groups is 1. The van der Waals surface area contributed by atoms with Crippen LogP contribution in [0.25, 0.3) is 0 Å². The molecule has 0 spiro atoms. The maximum absolute atomic E-state index is 12.2. The van der Waals surface area contributed by atoms with Gasteiger partial charge in [-0.2, -0.15) is 0 Å². The Morgan fingerprint density at radius 3 is 2.91 bits per heavy atom. The topological polar surface area (TPSA) is 41.6 Å². The van der Waals surface area contributed by atoms with Crippen molar-refractivity contribution in [3.05, 3.63) is 29.8 Å². The normalized spacial score (nSPS) is 18.3. The highest BCUT2D eigenvalue weighted by Gasteiger charge is 2.23. The number of benzene rings is 1. The van der Waals surface area contributed by atoms with E-state index in [4.69, 9.17) is 4.74 Å². The molecule has 1 aromatic carbocycles. The minimum atomic E-state index is 0.0163. The van der Waals surface area contributed by atoms with Crippen LogP contribution in [0.2, 0.25) is 0 Å². The van der Waals surface area contributed by atoms with Gasteiger partial charge in [0.25, 0.3) is 0 Å². The number of amides is 2. The molecular formula is C18H26N2O2. The molecule has 1 saturated carbocycles. The van der Waals surface area contributed by atoms with Gasteiger partial charge in [-0.1, -0.05) is 37.5 Å². The van der Waals surface area contributed by atoms with E-state index in [1.54, 1.807) is 0 Å². The van der Waals surface area contributed by atoms with Crippen LogP contribution in [0.15, 0.2) is 24.3 Å². The van der Waals surface area contributed by atoms with Crippen molar-refractivity contribution in [2.24, 2.45) is 0 Å². The van der Waals surface area contributed by atoms with Crippen LogP contribution in [0.3, 0.4) is 0 Å². The van der Waals surface area contributed by atoms with E-state index >= 15 is 0 Å². The summed E-state index contributed by atoms with van der Waals surface area (Å²) >= 11 is 0. The van der Waals surface area contributed by atoms with Gasteiger partial charge in [-0.15, -0.1) is 0 Å². The molecule has 4 heteroatoms. The van der Waals surface area contributed by atoms with E-state index in [2.05, 4.69) is 11.4 Å². The first-order chi connectivity index (χ1) is 10.8. The summed E-state index contributed by atoms with van der Waals surface area (Å²) in [7, 11) is 0. The number of hydrogen-bond acceptors (Lipinski definition) is 2. The molecule has 0 unspecified atom stereocenters. The molecule has 22 heavy (non-hydrogen) atoms. The van der Waals surface area contributed by atoms with Gasteiger partial charge in [0.2, 0.25) is 0 Å². The van der Waals surface area contributed by atoms with Crippen molar-refractivity contribution < 1.29 is 9.53 Å². The highest BCUT2D eigenvalue weighted by atomic mass is 16.5. The van der Waals surface area contributed by atoms with Crippen LogP contribution in [0.5, 0.6) is 0 Å². The van der Waals surface area contributed by atoms with Crippen molar-refractivity contribution >= 4 is 11.7 Å². The Kier molecular flexibility index (Phi) is 5.33. The first-order valence-corrected chi connectivity index (χ1v) is 8.59. The molecule has 0 bridgehead atoms. The zero-order chi connectivity index (χ0) is 15.2. The van der Waals surface area contributed by atoms with Crippen molar-refractivity contribution in [3.63, 3.8) is 0 Å². The fraction of sp³-hybridized carbons (Fsp3) is 0.611. The zero-order valence-electron chi connectivity index (χ0n) is 13.2. The van der Waals surface area contributed by atoms with E-state index in [1.807, 2.05) is 23.1 Å².